The zero-order chi connectivity index (χ0) is 39.2. The number of ether oxygens (including phenoxy) is 7. The Morgan fingerprint density at radius 3 is 1.87 bits per heavy atom. The van der Waals surface area contributed by atoms with E-state index in [9.17, 15) is 35.4 Å². The van der Waals surface area contributed by atoms with Gasteiger partial charge in [0.2, 0.25) is 0 Å². The summed E-state index contributed by atoms with van der Waals surface area (Å²) in [5, 5.41) is 66.9. The third-order valence-corrected chi connectivity index (χ3v) is 16.0. The van der Waals surface area contributed by atoms with Crippen molar-refractivity contribution in [3.63, 3.8) is 0 Å². The van der Waals surface area contributed by atoms with Crippen molar-refractivity contribution in [2.45, 2.75) is 197 Å². The highest BCUT2D eigenvalue weighted by atomic mass is 16.7. The highest BCUT2D eigenvalue weighted by Crippen LogP contribution is 2.70. The molecule has 14 nitrogen and oxygen atoms in total. The summed E-state index contributed by atoms with van der Waals surface area (Å²) in [6.45, 7) is 9.90. The second kappa shape index (κ2) is 15.1. The molecule has 8 aliphatic rings. The van der Waals surface area contributed by atoms with Crippen LogP contribution in [0, 0.1) is 34.5 Å². The second-order valence-corrected chi connectivity index (χ2v) is 18.8. The Morgan fingerprint density at radius 2 is 1.29 bits per heavy atom. The Bertz CT molecular complexity index is 1410. The van der Waals surface area contributed by atoms with Gasteiger partial charge in [0.1, 0.15) is 24.9 Å². The van der Waals surface area contributed by atoms with Gasteiger partial charge in [0.15, 0.2) is 18.9 Å². The molecule has 0 spiro atoms. The van der Waals surface area contributed by atoms with Crippen LogP contribution in [0.3, 0.4) is 0 Å². The van der Waals surface area contributed by atoms with Crippen LogP contribution in [-0.4, -0.2) is 135 Å². The maximum Gasteiger partial charge on any atom is 0.331 e. The van der Waals surface area contributed by atoms with E-state index in [0.717, 1.165) is 44.1 Å². The number of esters is 1. The van der Waals surface area contributed by atoms with Crippen molar-refractivity contribution in [2.24, 2.45) is 34.5 Å². The van der Waals surface area contributed by atoms with E-state index < -0.39 is 90.9 Å². The van der Waals surface area contributed by atoms with Crippen LogP contribution >= 0.6 is 0 Å². The van der Waals surface area contributed by atoms with Gasteiger partial charge in [0, 0.05) is 30.8 Å². The summed E-state index contributed by atoms with van der Waals surface area (Å²) in [5.74, 6) is 0.204. The van der Waals surface area contributed by atoms with Crippen LogP contribution in [-0.2, 0) is 38.0 Å². The van der Waals surface area contributed by atoms with E-state index in [1.165, 1.54) is 0 Å². The van der Waals surface area contributed by atoms with Crippen LogP contribution in [0.15, 0.2) is 11.6 Å². The van der Waals surface area contributed by atoms with E-state index in [0.29, 0.717) is 18.8 Å². The summed E-state index contributed by atoms with van der Waals surface area (Å²) in [7, 11) is 0. The number of carbonyl (C=O) groups is 1. The molecule has 14 heteroatoms. The molecule has 0 bridgehead atoms. The molecule has 312 valence electrons. The van der Waals surface area contributed by atoms with Crippen LogP contribution in [0.5, 0.6) is 0 Å². The molecular formula is C41H64O14. The molecule has 55 heavy (non-hydrogen) atoms. The van der Waals surface area contributed by atoms with E-state index in [1.807, 2.05) is 13.8 Å². The second-order valence-electron chi connectivity index (χ2n) is 18.8. The lowest BCUT2D eigenvalue weighted by Crippen LogP contribution is -2.67. The third-order valence-electron chi connectivity index (χ3n) is 16.0. The average molecular weight is 781 g/mol. The number of rotatable bonds is 7. The molecular weight excluding hydrogens is 716 g/mol. The van der Waals surface area contributed by atoms with Crippen molar-refractivity contribution in [1.29, 1.82) is 0 Å². The smallest absolute Gasteiger partial charge is 0.331 e. The molecule has 0 aromatic rings. The lowest BCUT2D eigenvalue weighted by Gasteiger charge is -2.65. The van der Waals surface area contributed by atoms with E-state index in [1.54, 1.807) is 19.9 Å². The summed E-state index contributed by atoms with van der Waals surface area (Å²) in [6.07, 6.45) is -1.51. The number of aliphatic hydroxyl groups is 6. The number of fused-ring (bicyclic) bond motifs is 5. The Kier molecular flexibility index (Phi) is 11.1. The third kappa shape index (κ3) is 6.95. The van der Waals surface area contributed by atoms with Gasteiger partial charge in [-0.05, 0) is 107 Å². The van der Waals surface area contributed by atoms with Crippen molar-refractivity contribution in [3.05, 3.63) is 11.6 Å². The first-order valence-electron chi connectivity index (χ1n) is 20.9. The largest absolute Gasteiger partial charge is 0.458 e. The number of hydrogen-bond acceptors (Lipinski definition) is 14. The van der Waals surface area contributed by atoms with Crippen molar-refractivity contribution < 1.29 is 68.6 Å². The molecule has 0 radical (unpaired) electrons. The fourth-order valence-electron chi connectivity index (χ4n) is 12.8. The molecule has 4 saturated carbocycles. The molecule has 21 atom stereocenters. The van der Waals surface area contributed by atoms with E-state index in [4.69, 9.17) is 33.2 Å². The van der Waals surface area contributed by atoms with Gasteiger partial charge in [-0.3, -0.25) is 0 Å². The molecule has 4 aliphatic carbocycles. The molecule has 4 heterocycles. The molecule has 4 aliphatic heterocycles. The number of cyclic esters (lactones) is 1. The normalized spacial score (nSPS) is 55.5. The summed E-state index contributed by atoms with van der Waals surface area (Å²) in [5.41, 5.74) is -0.892. The van der Waals surface area contributed by atoms with Crippen LogP contribution in [0.2, 0.25) is 0 Å². The number of hydrogen-bond donors (Lipinski definition) is 6. The van der Waals surface area contributed by atoms with Gasteiger partial charge in [-0.1, -0.05) is 13.8 Å². The molecule has 0 aromatic carbocycles. The van der Waals surface area contributed by atoms with Crippen molar-refractivity contribution >= 4 is 5.97 Å². The van der Waals surface area contributed by atoms with Gasteiger partial charge in [-0.2, -0.15) is 0 Å². The zero-order valence-electron chi connectivity index (χ0n) is 32.9. The average Bonchev–Trinajstić information content (AvgIpc) is 3.67. The molecule has 6 N–H and O–H groups in total. The molecule has 3 saturated heterocycles. The van der Waals surface area contributed by atoms with E-state index in [2.05, 4.69) is 6.92 Å². The minimum Gasteiger partial charge on any atom is -0.458 e. The van der Waals surface area contributed by atoms with Gasteiger partial charge in [-0.25, -0.2) is 4.79 Å². The van der Waals surface area contributed by atoms with Gasteiger partial charge in [-0.15, -0.1) is 0 Å². The summed E-state index contributed by atoms with van der Waals surface area (Å²) in [4.78, 5) is 11.9. The maximum atomic E-state index is 12.6. The summed E-state index contributed by atoms with van der Waals surface area (Å²) in [6, 6.07) is 0. The zero-order valence-corrected chi connectivity index (χ0v) is 32.9. The van der Waals surface area contributed by atoms with Crippen LogP contribution in [0.25, 0.3) is 0 Å². The number of carbonyl (C=O) groups excluding carboxylic acids is 1. The topological polar surface area (TPSA) is 203 Å². The highest BCUT2D eigenvalue weighted by Gasteiger charge is 2.71. The maximum absolute atomic E-state index is 12.6. The van der Waals surface area contributed by atoms with Gasteiger partial charge in [0.25, 0.3) is 0 Å². The molecule has 8 rings (SSSR count). The first-order chi connectivity index (χ1) is 26.0. The Balaban J connectivity index is 0.837. The summed E-state index contributed by atoms with van der Waals surface area (Å²) >= 11 is 0. The van der Waals surface area contributed by atoms with E-state index in [-0.39, 0.29) is 61.1 Å². The quantitative estimate of drug-likeness (QED) is 0.162. The standard InChI is InChI=1S/C41H64O14/c1-19-36(47)28(42)15-34(50-19)54-38-21(3)52-35(17-30(38)44)55-37-20(2)51-33(16-29(37)43)53-24-8-10-39(4)23(13-24)6-7-26-27(39)14-31(45)40(5)25(9-11-41(26,40)48)22-12-32(46)49-18-22/h12,19-21,23-31,33-38,42-45,47-48H,6-11,13-18H2,1-5H3/t19-,20-,21-,23-,24+,25-,26-,27+,28+,29+,30+,31-,33+,34?,35+,36-,37-,38+,39+,40+,41+/m1/s1. The fourth-order valence-corrected chi connectivity index (χ4v) is 12.8. The molecule has 0 aromatic heterocycles. The monoisotopic (exact) mass is 780 g/mol. The predicted octanol–water partition coefficient (Wildman–Crippen LogP) is 2.22. The highest BCUT2D eigenvalue weighted by molar-refractivity contribution is 5.85. The molecule has 7 fully saturated rings. The van der Waals surface area contributed by atoms with Crippen LogP contribution < -0.4 is 0 Å². The molecule has 0 amide bonds. The van der Waals surface area contributed by atoms with E-state index >= 15 is 0 Å². The fraction of sp³-hybridized carbons (Fsp3) is 0.927. The number of aliphatic hydroxyl groups excluding tert-OH is 5. The lowest BCUT2D eigenvalue weighted by atomic mass is 9.42. The Labute approximate surface area is 323 Å². The summed E-state index contributed by atoms with van der Waals surface area (Å²) < 4.78 is 42.1. The lowest BCUT2D eigenvalue weighted by molar-refractivity contribution is -0.336. The minimum atomic E-state index is -1.01. The van der Waals surface area contributed by atoms with Gasteiger partial charge >= 0.3 is 5.97 Å². The molecule has 1 unspecified atom stereocenters. The van der Waals surface area contributed by atoms with Crippen LogP contribution in [0.4, 0.5) is 0 Å². The first-order valence-corrected chi connectivity index (χ1v) is 20.9. The Morgan fingerprint density at radius 1 is 0.691 bits per heavy atom. The predicted molar refractivity (Wildman–Crippen MR) is 193 cm³/mol. The van der Waals surface area contributed by atoms with Gasteiger partial charge in [0.05, 0.1) is 54.4 Å². The first kappa shape index (κ1) is 40.5. The van der Waals surface area contributed by atoms with Crippen molar-refractivity contribution in [3.8, 4) is 0 Å². The Hall–Kier alpha value is -1.27. The van der Waals surface area contributed by atoms with Gasteiger partial charge < -0.3 is 63.8 Å². The minimum absolute atomic E-state index is 0.0452. The van der Waals surface area contributed by atoms with Crippen molar-refractivity contribution in [1.82, 2.24) is 0 Å². The van der Waals surface area contributed by atoms with Crippen molar-refractivity contribution in [2.75, 3.05) is 6.61 Å². The van der Waals surface area contributed by atoms with Crippen LogP contribution in [0.1, 0.15) is 105 Å². The SMILES string of the molecule is C[C@H]1OC(O[C@@H]2[C@@H](O)C[C@H](O[C@H]3[C@@H](O)C[C@H](O[C@H]4CC[C@@]5(C)[C@H](CC[C@@H]6[C@@H]5C[C@@H](O)[C@]5(C)[C@@H](C7=CC(=O)OC7)CC[C@]65O)C4)O[C@@H]3C)O[C@@H]2C)C[C@H](O)[C@@H]1O.